The highest BCUT2D eigenvalue weighted by Gasteiger charge is 2.45. The van der Waals surface area contributed by atoms with Gasteiger partial charge in [-0.1, -0.05) is 30.3 Å². The molecule has 2 aliphatic heterocycles. The Kier molecular flexibility index (Phi) is 5.43. The molecule has 28 heavy (non-hydrogen) atoms. The van der Waals surface area contributed by atoms with Gasteiger partial charge in [0.1, 0.15) is 6.10 Å². The first-order chi connectivity index (χ1) is 13.7. The van der Waals surface area contributed by atoms with E-state index >= 15 is 0 Å². The van der Waals surface area contributed by atoms with E-state index in [1.165, 1.54) is 6.20 Å². The van der Waals surface area contributed by atoms with Gasteiger partial charge < -0.3 is 19.1 Å². The lowest BCUT2D eigenvalue weighted by Gasteiger charge is -2.39. The number of aromatic nitrogens is 2. The van der Waals surface area contributed by atoms with E-state index in [-0.39, 0.29) is 12.0 Å². The molecule has 1 atom stereocenters. The predicted octanol–water partition coefficient (Wildman–Crippen LogP) is 2.21. The van der Waals surface area contributed by atoms with Crippen LogP contribution in [-0.4, -0.2) is 60.3 Å². The molecule has 1 aromatic heterocycles. The lowest BCUT2D eigenvalue weighted by molar-refractivity contribution is -0.140. The smallest absolute Gasteiger partial charge is 0.235 e. The van der Waals surface area contributed by atoms with Crippen molar-refractivity contribution < 1.29 is 19.0 Å². The number of rotatable bonds is 5. The minimum absolute atomic E-state index is 0.0991. The van der Waals surface area contributed by atoms with Crippen LogP contribution in [0.4, 0.5) is 0 Å². The summed E-state index contributed by atoms with van der Waals surface area (Å²) in [7, 11) is 1.54. The van der Waals surface area contributed by atoms with E-state index in [2.05, 4.69) is 22.1 Å². The Balaban J connectivity index is 1.48. The molecule has 7 heteroatoms. The van der Waals surface area contributed by atoms with Gasteiger partial charge in [0, 0.05) is 26.2 Å². The average Bonchev–Trinajstić information content (AvgIpc) is 3.22. The summed E-state index contributed by atoms with van der Waals surface area (Å²) in [5.41, 5.74) is 0.566. The third-order valence-electron chi connectivity index (χ3n) is 5.60. The number of hydrogen-bond acceptors (Lipinski definition) is 6. The maximum atomic E-state index is 13.6. The Labute approximate surface area is 164 Å². The molecule has 3 heterocycles. The molecule has 0 bridgehead atoms. The molecule has 148 valence electrons. The minimum atomic E-state index is -0.510. The number of likely N-dealkylation sites (tertiary alicyclic amines) is 1. The molecule has 0 aliphatic carbocycles. The van der Waals surface area contributed by atoms with Gasteiger partial charge in [-0.3, -0.25) is 9.78 Å². The van der Waals surface area contributed by atoms with E-state index in [4.69, 9.17) is 14.2 Å². The van der Waals surface area contributed by atoms with Crippen LogP contribution in [0.5, 0.6) is 11.8 Å². The fourth-order valence-electron chi connectivity index (χ4n) is 4.07. The lowest BCUT2D eigenvalue weighted by Crippen LogP contribution is -2.49. The van der Waals surface area contributed by atoms with Gasteiger partial charge in [-0.05, 0) is 18.4 Å². The van der Waals surface area contributed by atoms with Crippen LogP contribution in [0.1, 0.15) is 24.8 Å². The van der Waals surface area contributed by atoms with Crippen molar-refractivity contribution in [3.05, 3.63) is 48.3 Å². The first-order valence-corrected chi connectivity index (χ1v) is 9.66. The Morgan fingerprint density at radius 2 is 1.93 bits per heavy atom. The number of methoxy groups -OCH3 is 1. The maximum Gasteiger partial charge on any atom is 0.235 e. The zero-order chi connectivity index (χ0) is 19.4. The molecule has 0 spiro atoms. The molecule has 2 fully saturated rings. The Morgan fingerprint density at radius 3 is 2.68 bits per heavy atom. The van der Waals surface area contributed by atoms with Crippen LogP contribution in [0.15, 0.2) is 42.7 Å². The monoisotopic (exact) mass is 383 g/mol. The van der Waals surface area contributed by atoms with Crippen LogP contribution in [0, 0.1) is 0 Å². The van der Waals surface area contributed by atoms with Crippen LogP contribution in [0.2, 0.25) is 0 Å². The summed E-state index contributed by atoms with van der Waals surface area (Å²) < 4.78 is 16.6. The SMILES string of the molecule is COc1cncc(OC2CCN(C(=O)C3(c4ccccc4)CCOCC3)C2)n1. The summed E-state index contributed by atoms with van der Waals surface area (Å²) in [6.07, 6.45) is 5.19. The first-order valence-electron chi connectivity index (χ1n) is 9.66. The molecule has 0 radical (unpaired) electrons. The van der Waals surface area contributed by atoms with Gasteiger partial charge in [0.15, 0.2) is 0 Å². The van der Waals surface area contributed by atoms with Crippen molar-refractivity contribution in [3.8, 4) is 11.8 Å². The Bertz CT molecular complexity index is 808. The van der Waals surface area contributed by atoms with Crippen molar-refractivity contribution in [2.45, 2.75) is 30.8 Å². The molecule has 2 aliphatic rings. The largest absolute Gasteiger partial charge is 0.480 e. The van der Waals surface area contributed by atoms with Gasteiger partial charge >= 0.3 is 0 Å². The highest BCUT2D eigenvalue weighted by Crippen LogP contribution is 2.37. The Morgan fingerprint density at radius 1 is 1.18 bits per heavy atom. The van der Waals surface area contributed by atoms with Crippen molar-refractivity contribution in [2.24, 2.45) is 0 Å². The van der Waals surface area contributed by atoms with Crippen LogP contribution >= 0.6 is 0 Å². The summed E-state index contributed by atoms with van der Waals surface area (Å²) in [5, 5.41) is 0. The molecule has 7 nitrogen and oxygen atoms in total. The number of hydrogen-bond donors (Lipinski definition) is 0. The summed E-state index contributed by atoms with van der Waals surface area (Å²) in [5.74, 6) is 1.00. The second kappa shape index (κ2) is 8.14. The quantitative estimate of drug-likeness (QED) is 0.788. The molecule has 0 saturated carbocycles. The zero-order valence-electron chi connectivity index (χ0n) is 16.0. The molecular weight excluding hydrogens is 358 g/mol. The maximum absolute atomic E-state index is 13.6. The first kappa shape index (κ1) is 18.7. The van der Waals surface area contributed by atoms with Gasteiger partial charge in [-0.15, -0.1) is 0 Å². The number of carbonyl (C=O) groups is 1. The summed E-state index contributed by atoms with van der Waals surface area (Å²) in [6, 6.07) is 10.1. The highest BCUT2D eigenvalue weighted by molar-refractivity contribution is 5.88. The van der Waals surface area contributed by atoms with Gasteiger partial charge in [0.2, 0.25) is 17.7 Å². The predicted molar refractivity (Wildman–Crippen MR) is 102 cm³/mol. The fourth-order valence-corrected chi connectivity index (χ4v) is 4.07. The number of benzene rings is 1. The fraction of sp³-hybridized carbons (Fsp3) is 0.476. The van der Waals surface area contributed by atoms with Crippen molar-refractivity contribution >= 4 is 5.91 Å². The van der Waals surface area contributed by atoms with Gasteiger partial charge in [0.05, 0.1) is 31.5 Å². The molecular formula is C21H25N3O4. The molecule has 1 unspecified atom stereocenters. The summed E-state index contributed by atoms with van der Waals surface area (Å²) in [4.78, 5) is 23.8. The van der Waals surface area contributed by atoms with Crippen molar-refractivity contribution in [1.82, 2.24) is 14.9 Å². The summed E-state index contributed by atoms with van der Waals surface area (Å²) >= 11 is 0. The standard InChI is InChI=1S/C21H25N3O4/c1-26-18-13-22-14-19(23-18)28-17-7-10-24(15-17)20(25)21(8-11-27-12-9-21)16-5-3-2-4-6-16/h2-6,13-14,17H,7-12,15H2,1H3. The third kappa shape index (κ3) is 3.67. The van der Waals surface area contributed by atoms with E-state index in [0.29, 0.717) is 50.9 Å². The van der Waals surface area contributed by atoms with E-state index < -0.39 is 5.41 Å². The second-order valence-electron chi connectivity index (χ2n) is 7.24. The molecule has 2 aromatic rings. The van der Waals surface area contributed by atoms with Crippen molar-refractivity contribution in [2.75, 3.05) is 33.4 Å². The number of ether oxygens (including phenoxy) is 3. The number of nitrogens with zero attached hydrogens (tertiary/aromatic N) is 3. The molecule has 1 aromatic carbocycles. The molecule has 4 rings (SSSR count). The number of amides is 1. The molecule has 2 saturated heterocycles. The lowest BCUT2D eigenvalue weighted by atomic mass is 9.73. The zero-order valence-corrected chi connectivity index (χ0v) is 16.0. The van der Waals surface area contributed by atoms with Crippen LogP contribution in [-0.2, 0) is 14.9 Å². The van der Waals surface area contributed by atoms with Crippen molar-refractivity contribution in [3.63, 3.8) is 0 Å². The second-order valence-corrected chi connectivity index (χ2v) is 7.24. The normalized spacial score (nSPS) is 21.3. The minimum Gasteiger partial charge on any atom is -0.480 e. The van der Waals surface area contributed by atoms with Gasteiger partial charge in [-0.25, -0.2) is 0 Å². The topological polar surface area (TPSA) is 73.8 Å². The number of carbonyl (C=O) groups excluding carboxylic acids is 1. The van der Waals surface area contributed by atoms with Crippen LogP contribution in [0.25, 0.3) is 0 Å². The van der Waals surface area contributed by atoms with Crippen LogP contribution in [0.3, 0.4) is 0 Å². The molecule has 1 amide bonds. The molecule has 0 N–H and O–H groups in total. The van der Waals surface area contributed by atoms with E-state index in [1.54, 1.807) is 13.3 Å². The average molecular weight is 383 g/mol. The van der Waals surface area contributed by atoms with E-state index in [1.807, 2.05) is 23.1 Å². The van der Waals surface area contributed by atoms with Gasteiger partial charge in [0.25, 0.3) is 0 Å². The Hall–Kier alpha value is -2.67. The highest BCUT2D eigenvalue weighted by atomic mass is 16.5. The van der Waals surface area contributed by atoms with E-state index in [0.717, 1.165) is 12.0 Å². The summed E-state index contributed by atoms with van der Waals surface area (Å²) in [6.45, 7) is 2.44. The van der Waals surface area contributed by atoms with Gasteiger partial charge in [-0.2, -0.15) is 4.98 Å². The van der Waals surface area contributed by atoms with Crippen molar-refractivity contribution in [1.29, 1.82) is 0 Å². The van der Waals surface area contributed by atoms with E-state index in [9.17, 15) is 4.79 Å². The third-order valence-corrected chi connectivity index (χ3v) is 5.60. The van der Waals surface area contributed by atoms with Crippen LogP contribution < -0.4 is 9.47 Å².